The van der Waals surface area contributed by atoms with Crippen molar-refractivity contribution in [2.45, 2.75) is 31.1 Å². The van der Waals surface area contributed by atoms with E-state index in [9.17, 15) is 8.42 Å². The van der Waals surface area contributed by atoms with Crippen LogP contribution in [-0.4, -0.2) is 19.2 Å². The number of aromatic nitrogens is 1. The van der Waals surface area contributed by atoms with Gasteiger partial charge in [-0.2, -0.15) is 0 Å². The molecular formula is C20H21N3O2S. The third-order valence-corrected chi connectivity index (χ3v) is 6.73. The van der Waals surface area contributed by atoms with Gasteiger partial charge in [0.15, 0.2) is 9.84 Å². The molecular weight excluding hydrogens is 346 g/mol. The Labute approximate surface area is 153 Å². The summed E-state index contributed by atoms with van der Waals surface area (Å²) in [6.45, 7) is 4.31. The van der Waals surface area contributed by atoms with Crippen LogP contribution in [0.25, 0.3) is 10.9 Å². The van der Waals surface area contributed by atoms with Crippen molar-refractivity contribution in [3.63, 3.8) is 0 Å². The molecule has 0 amide bonds. The van der Waals surface area contributed by atoms with E-state index in [1.165, 1.54) is 5.56 Å². The monoisotopic (exact) mass is 367 g/mol. The van der Waals surface area contributed by atoms with E-state index in [1.807, 2.05) is 12.1 Å². The molecule has 1 aliphatic heterocycles. The molecule has 0 fully saturated rings. The molecule has 26 heavy (non-hydrogen) atoms. The van der Waals surface area contributed by atoms with E-state index >= 15 is 0 Å². The Morgan fingerprint density at radius 2 is 1.85 bits per heavy atom. The molecule has 0 atom stereocenters. The van der Waals surface area contributed by atoms with Crippen molar-refractivity contribution >= 4 is 37.8 Å². The van der Waals surface area contributed by atoms with Crippen molar-refractivity contribution in [3.05, 3.63) is 53.7 Å². The molecule has 4 rings (SSSR count). The maximum atomic E-state index is 12.3. The highest BCUT2D eigenvalue weighted by molar-refractivity contribution is 7.91. The number of sulfone groups is 1. The molecule has 0 bridgehead atoms. The van der Waals surface area contributed by atoms with Gasteiger partial charge >= 0.3 is 0 Å². The van der Waals surface area contributed by atoms with E-state index < -0.39 is 9.84 Å². The van der Waals surface area contributed by atoms with Gasteiger partial charge in [-0.3, -0.25) is 4.98 Å². The fourth-order valence-corrected chi connectivity index (χ4v) is 5.01. The predicted octanol–water partition coefficient (Wildman–Crippen LogP) is 4.01. The highest BCUT2D eigenvalue weighted by Crippen LogP contribution is 2.39. The highest BCUT2D eigenvalue weighted by Gasteiger charge is 2.29. The zero-order valence-electron chi connectivity index (χ0n) is 14.8. The smallest absolute Gasteiger partial charge is 0.179 e. The first-order chi connectivity index (χ1) is 12.4. The topological polar surface area (TPSA) is 85.1 Å². The average Bonchev–Trinajstić information content (AvgIpc) is 2.93. The van der Waals surface area contributed by atoms with Crippen LogP contribution in [-0.2, 0) is 16.3 Å². The second kappa shape index (κ2) is 5.99. The van der Waals surface area contributed by atoms with Gasteiger partial charge in [-0.15, -0.1) is 0 Å². The quantitative estimate of drug-likeness (QED) is 0.730. The molecule has 3 aromatic rings. The second-order valence-corrected chi connectivity index (χ2v) is 9.07. The summed E-state index contributed by atoms with van der Waals surface area (Å²) in [5.74, 6) is 0.600. The van der Waals surface area contributed by atoms with Gasteiger partial charge in [0, 0.05) is 11.1 Å². The van der Waals surface area contributed by atoms with Gasteiger partial charge in [0.25, 0.3) is 0 Å². The number of pyridine rings is 1. The summed E-state index contributed by atoms with van der Waals surface area (Å²) < 4.78 is 24.6. The van der Waals surface area contributed by atoms with Crippen LogP contribution in [0.4, 0.5) is 17.1 Å². The van der Waals surface area contributed by atoms with Crippen molar-refractivity contribution in [2.24, 2.45) is 0 Å². The molecule has 0 spiro atoms. The molecule has 134 valence electrons. The Balaban J connectivity index is 1.87. The van der Waals surface area contributed by atoms with Gasteiger partial charge in [0.1, 0.15) is 0 Å². The summed E-state index contributed by atoms with van der Waals surface area (Å²) in [6.07, 6.45) is 2.10. The van der Waals surface area contributed by atoms with E-state index in [4.69, 9.17) is 5.73 Å². The Morgan fingerprint density at radius 3 is 2.54 bits per heavy atom. The number of fused-ring (bicyclic) bond motifs is 3. The third-order valence-electron chi connectivity index (χ3n) is 4.93. The van der Waals surface area contributed by atoms with Crippen LogP contribution >= 0.6 is 0 Å². The van der Waals surface area contributed by atoms with E-state index in [2.05, 4.69) is 36.3 Å². The second-order valence-electron chi connectivity index (χ2n) is 7.00. The Bertz CT molecular complexity index is 1100. The Hall–Kier alpha value is -2.60. The fourth-order valence-electron chi connectivity index (χ4n) is 3.47. The summed E-state index contributed by atoms with van der Waals surface area (Å²) >= 11 is 0. The van der Waals surface area contributed by atoms with E-state index in [1.54, 1.807) is 18.3 Å². The van der Waals surface area contributed by atoms with Crippen LogP contribution in [0.1, 0.15) is 30.9 Å². The molecule has 0 radical (unpaired) electrons. The number of nitrogens with two attached hydrogens (primary N) is 1. The van der Waals surface area contributed by atoms with Crippen LogP contribution in [0.15, 0.2) is 47.5 Å². The first-order valence-electron chi connectivity index (χ1n) is 8.66. The molecule has 0 saturated carbocycles. The summed E-state index contributed by atoms with van der Waals surface area (Å²) in [5, 5.41) is 4.18. The Kier molecular flexibility index (Phi) is 3.88. The lowest BCUT2D eigenvalue weighted by atomic mass is 10.0. The minimum atomic E-state index is -3.21. The van der Waals surface area contributed by atoms with Crippen molar-refractivity contribution in [2.75, 3.05) is 16.8 Å². The lowest BCUT2D eigenvalue weighted by Crippen LogP contribution is -2.02. The van der Waals surface area contributed by atoms with Crippen LogP contribution in [0.2, 0.25) is 0 Å². The van der Waals surface area contributed by atoms with Gasteiger partial charge in [0.05, 0.1) is 33.7 Å². The van der Waals surface area contributed by atoms with Crippen molar-refractivity contribution in [1.82, 2.24) is 4.98 Å². The minimum Gasteiger partial charge on any atom is -0.396 e. The number of nitrogens with zero attached hydrogens (tertiary/aromatic N) is 1. The van der Waals surface area contributed by atoms with Gasteiger partial charge in [-0.25, -0.2) is 8.42 Å². The van der Waals surface area contributed by atoms with Crippen LogP contribution in [0.3, 0.4) is 0 Å². The summed E-state index contributed by atoms with van der Waals surface area (Å²) in [4.78, 5) is 4.78. The molecule has 0 unspecified atom stereocenters. The largest absolute Gasteiger partial charge is 0.396 e. The summed E-state index contributed by atoms with van der Waals surface area (Å²) in [6, 6.07) is 11.6. The number of nitrogen functional groups attached to an aromatic ring is 1. The molecule has 0 aliphatic carbocycles. The molecule has 5 nitrogen and oxygen atoms in total. The zero-order valence-corrected chi connectivity index (χ0v) is 15.6. The normalized spacial score (nSPS) is 15.3. The number of hydrogen-bond donors (Lipinski definition) is 2. The number of rotatable bonds is 3. The van der Waals surface area contributed by atoms with E-state index in [0.29, 0.717) is 22.9 Å². The maximum absolute atomic E-state index is 12.3. The number of anilines is 3. The molecule has 2 heterocycles. The molecule has 6 heteroatoms. The van der Waals surface area contributed by atoms with Gasteiger partial charge in [0.2, 0.25) is 0 Å². The molecule has 3 N–H and O–H groups in total. The third kappa shape index (κ3) is 2.70. The summed E-state index contributed by atoms with van der Waals surface area (Å²) in [7, 11) is -3.21. The number of nitrogens with one attached hydrogen (secondary N) is 1. The van der Waals surface area contributed by atoms with Crippen molar-refractivity contribution in [3.8, 4) is 0 Å². The standard InChI is InChI=1S/C20H21N3O2S/c1-12(2)13-3-5-14(6-4-13)23-20-16(21)11-22-17-7-8-18-15(19(17)20)9-10-26(18,24)25/h3-8,11-12H,9-10,21H2,1-2H3,(H,22,23). The van der Waals surface area contributed by atoms with Crippen molar-refractivity contribution < 1.29 is 8.42 Å². The minimum absolute atomic E-state index is 0.138. The summed E-state index contributed by atoms with van der Waals surface area (Å²) in [5.41, 5.74) is 11.2. The highest BCUT2D eigenvalue weighted by atomic mass is 32.2. The predicted molar refractivity (Wildman–Crippen MR) is 106 cm³/mol. The van der Waals surface area contributed by atoms with Crippen LogP contribution in [0, 0.1) is 0 Å². The first kappa shape index (κ1) is 16.8. The molecule has 2 aromatic carbocycles. The van der Waals surface area contributed by atoms with Crippen molar-refractivity contribution in [1.29, 1.82) is 0 Å². The molecule has 1 aliphatic rings. The van der Waals surface area contributed by atoms with Gasteiger partial charge in [-0.1, -0.05) is 26.0 Å². The SMILES string of the molecule is CC(C)c1ccc(Nc2c(N)cnc3ccc4c(c23)CCS4(=O)=O)cc1. The molecule has 1 aromatic heterocycles. The molecule has 0 saturated heterocycles. The van der Waals surface area contributed by atoms with Crippen LogP contribution < -0.4 is 11.1 Å². The number of benzene rings is 2. The van der Waals surface area contributed by atoms with E-state index in [-0.39, 0.29) is 5.75 Å². The number of hydrogen-bond acceptors (Lipinski definition) is 5. The van der Waals surface area contributed by atoms with Gasteiger partial charge in [-0.05, 0) is 47.7 Å². The number of aryl methyl sites for hydroxylation is 1. The lowest BCUT2D eigenvalue weighted by Gasteiger charge is -2.15. The van der Waals surface area contributed by atoms with Gasteiger partial charge < -0.3 is 11.1 Å². The lowest BCUT2D eigenvalue weighted by molar-refractivity contribution is 0.600. The zero-order chi connectivity index (χ0) is 18.5. The van der Waals surface area contributed by atoms with Crippen LogP contribution in [0.5, 0.6) is 0 Å². The fraction of sp³-hybridized carbons (Fsp3) is 0.250. The average molecular weight is 367 g/mol. The Morgan fingerprint density at radius 1 is 1.12 bits per heavy atom. The maximum Gasteiger partial charge on any atom is 0.179 e. The first-order valence-corrected chi connectivity index (χ1v) is 10.3. The van der Waals surface area contributed by atoms with E-state index in [0.717, 1.165) is 27.8 Å².